The van der Waals surface area contributed by atoms with Gasteiger partial charge in [-0.15, -0.1) is 0 Å². The molecule has 3 rings (SSSR count). The van der Waals surface area contributed by atoms with Crippen LogP contribution in [0.25, 0.3) is 11.3 Å². The third-order valence-electron chi connectivity index (χ3n) is 5.20. The minimum Gasteiger partial charge on any atom is -0.439 e. The van der Waals surface area contributed by atoms with E-state index in [2.05, 4.69) is 17.2 Å². The first kappa shape index (κ1) is 17.5. The van der Waals surface area contributed by atoms with Crippen LogP contribution >= 0.6 is 0 Å². The van der Waals surface area contributed by atoms with Crippen molar-refractivity contribution < 1.29 is 14.3 Å². The third-order valence-corrected chi connectivity index (χ3v) is 5.20. The molecule has 0 unspecified atom stereocenters. The lowest BCUT2D eigenvalue weighted by Gasteiger charge is -2.40. The second kappa shape index (κ2) is 7.70. The predicted octanol–water partition coefficient (Wildman–Crippen LogP) is 3.04. The fourth-order valence-corrected chi connectivity index (χ4v) is 3.20. The van der Waals surface area contributed by atoms with Crippen LogP contribution in [0.3, 0.4) is 0 Å². The Labute approximate surface area is 147 Å². The number of aromatic nitrogens is 1. The first-order chi connectivity index (χ1) is 12.2. The fraction of sp³-hybridized carbons (Fsp3) is 0.474. The molecule has 0 atom stereocenters. The molecule has 0 spiro atoms. The summed E-state index contributed by atoms with van der Waals surface area (Å²) in [6, 6.07) is 9.64. The number of carbonyl (C=O) groups is 1. The van der Waals surface area contributed by atoms with Crippen molar-refractivity contribution in [1.29, 1.82) is 0 Å². The molecule has 6 nitrogen and oxygen atoms in total. The zero-order chi connectivity index (χ0) is 17.7. The number of nitrogens with zero attached hydrogens (tertiary/aromatic N) is 2. The number of piperidine rings is 1. The van der Waals surface area contributed by atoms with Crippen molar-refractivity contribution in [3.05, 3.63) is 42.4 Å². The molecule has 0 saturated carbocycles. The fourth-order valence-electron chi connectivity index (χ4n) is 3.20. The van der Waals surface area contributed by atoms with Crippen molar-refractivity contribution in [3.8, 4) is 11.3 Å². The van der Waals surface area contributed by atoms with Crippen LogP contribution in [-0.2, 0) is 6.54 Å². The summed E-state index contributed by atoms with van der Waals surface area (Å²) in [6.45, 7) is 3.89. The molecular formula is C19H25N3O3. The summed E-state index contributed by atoms with van der Waals surface area (Å²) in [5.74, 6) is 1.18. The third kappa shape index (κ3) is 4.02. The summed E-state index contributed by atoms with van der Waals surface area (Å²) in [4.78, 5) is 18.3. The van der Waals surface area contributed by atoms with Crippen LogP contribution in [0.15, 0.2) is 40.9 Å². The maximum absolute atomic E-state index is 12.3. The zero-order valence-electron chi connectivity index (χ0n) is 14.6. The topological polar surface area (TPSA) is 78.6 Å². The molecule has 1 saturated heterocycles. The average Bonchev–Trinajstić information content (AvgIpc) is 3.16. The Bertz CT molecular complexity index is 685. The van der Waals surface area contributed by atoms with Crippen molar-refractivity contribution in [1.82, 2.24) is 15.2 Å². The molecule has 1 aromatic heterocycles. The van der Waals surface area contributed by atoms with Gasteiger partial charge in [-0.25, -0.2) is 9.78 Å². The lowest BCUT2D eigenvalue weighted by atomic mass is 9.77. The molecule has 2 aromatic rings. The standard InChI is InChI=1S/C19H25N3O3/c1-2-19(14-23)8-10-22(11-9-19)18(24)21-13-17-20-12-16(25-17)15-6-4-3-5-7-15/h3-7,12,23H,2,8-11,13-14H2,1H3,(H,21,24). The van der Waals surface area contributed by atoms with Crippen molar-refractivity contribution in [2.24, 2.45) is 5.41 Å². The summed E-state index contributed by atoms with van der Waals surface area (Å²) in [7, 11) is 0. The molecule has 2 heterocycles. The normalized spacial score (nSPS) is 16.6. The van der Waals surface area contributed by atoms with E-state index in [-0.39, 0.29) is 24.6 Å². The van der Waals surface area contributed by atoms with Crippen molar-refractivity contribution in [3.63, 3.8) is 0 Å². The molecule has 2 N–H and O–H groups in total. The Morgan fingerprint density at radius 2 is 2.04 bits per heavy atom. The van der Waals surface area contributed by atoms with Gasteiger partial charge in [0.05, 0.1) is 12.7 Å². The molecule has 1 aromatic carbocycles. The van der Waals surface area contributed by atoms with E-state index in [1.54, 1.807) is 11.1 Å². The van der Waals surface area contributed by atoms with Gasteiger partial charge in [0.2, 0.25) is 5.89 Å². The van der Waals surface area contributed by atoms with E-state index in [0.29, 0.717) is 24.7 Å². The van der Waals surface area contributed by atoms with Gasteiger partial charge in [0.15, 0.2) is 5.76 Å². The molecule has 1 fully saturated rings. The lowest BCUT2D eigenvalue weighted by Crippen LogP contribution is -2.48. The van der Waals surface area contributed by atoms with Gasteiger partial charge in [0.25, 0.3) is 0 Å². The van der Waals surface area contributed by atoms with Crippen LogP contribution in [0.5, 0.6) is 0 Å². The van der Waals surface area contributed by atoms with E-state index in [1.165, 1.54) is 0 Å². The van der Waals surface area contributed by atoms with Gasteiger partial charge in [0.1, 0.15) is 0 Å². The highest BCUT2D eigenvalue weighted by molar-refractivity contribution is 5.74. The molecular weight excluding hydrogens is 318 g/mol. The second-order valence-electron chi connectivity index (χ2n) is 6.64. The number of likely N-dealkylation sites (tertiary alicyclic amines) is 1. The summed E-state index contributed by atoms with van der Waals surface area (Å²) in [6.07, 6.45) is 4.29. The quantitative estimate of drug-likeness (QED) is 0.875. The van der Waals surface area contributed by atoms with Crippen LogP contribution in [-0.4, -0.2) is 40.7 Å². The molecule has 0 radical (unpaired) electrons. The molecule has 6 heteroatoms. The molecule has 25 heavy (non-hydrogen) atoms. The number of carbonyl (C=O) groups excluding carboxylic acids is 1. The lowest BCUT2D eigenvalue weighted by molar-refractivity contribution is 0.0518. The Kier molecular flexibility index (Phi) is 5.38. The monoisotopic (exact) mass is 343 g/mol. The predicted molar refractivity (Wildman–Crippen MR) is 94.8 cm³/mol. The van der Waals surface area contributed by atoms with Crippen LogP contribution in [0, 0.1) is 5.41 Å². The number of hydrogen-bond acceptors (Lipinski definition) is 4. The van der Waals surface area contributed by atoms with E-state index < -0.39 is 0 Å². The van der Waals surface area contributed by atoms with Gasteiger partial charge in [-0.05, 0) is 24.7 Å². The average molecular weight is 343 g/mol. The Morgan fingerprint density at radius 3 is 2.68 bits per heavy atom. The molecule has 1 aliphatic heterocycles. The highest BCUT2D eigenvalue weighted by Crippen LogP contribution is 2.34. The van der Waals surface area contributed by atoms with Gasteiger partial charge in [-0.3, -0.25) is 0 Å². The minimum absolute atomic E-state index is 0.0239. The van der Waals surface area contributed by atoms with Gasteiger partial charge in [0, 0.05) is 25.3 Å². The maximum atomic E-state index is 12.3. The largest absolute Gasteiger partial charge is 0.439 e. The highest BCUT2D eigenvalue weighted by Gasteiger charge is 2.33. The summed E-state index contributed by atoms with van der Waals surface area (Å²) in [5, 5.41) is 12.4. The van der Waals surface area contributed by atoms with Gasteiger partial charge < -0.3 is 19.7 Å². The first-order valence-corrected chi connectivity index (χ1v) is 8.79. The molecule has 0 aliphatic carbocycles. The van der Waals surface area contributed by atoms with Gasteiger partial charge in [-0.2, -0.15) is 0 Å². The number of hydrogen-bond donors (Lipinski definition) is 2. The van der Waals surface area contributed by atoms with E-state index in [0.717, 1.165) is 24.8 Å². The summed E-state index contributed by atoms with van der Waals surface area (Å²) in [5.41, 5.74) is 0.938. The molecule has 134 valence electrons. The minimum atomic E-state index is -0.109. The van der Waals surface area contributed by atoms with Crippen LogP contribution in [0.2, 0.25) is 0 Å². The number of amides is 2. The van der Waals surface area contributed by atoms with Gasteiger partial charge in [-0.1, -0.05) is 37.3 Å². The number of aliphatic hydroxyl groups excluding tert-OH is 1. The SMILES string of the molecule is CCC1(CO)CCN(C(=O)NCc2ncc(-c3ccccc3)o2)CC1. The number of benzene rings is 1. The van der Waals surface area contributed by atoms with E-state index in [1.807, 2.05) is 30.3 Å². The number of aliphatic hydroxyl groups is 1. The number of urea groups is 1. The highest BCUT2D eigenvalue weighted by atomic mass is 16.4. The van der Waals surface area contributed by atoms with Gasteiger partial charge >= 0.3 is 6.03 Å². The number of rotatable bonds is 5. The molecule has 1 aliphatic rings. The van der Waals surface area contributed by atoms with Crippen LogP contribution in [0.4, 0.5) is 4.79 Å². The summed E-state index contributed by atoms with van der Waals surface area (Å²) < 4.78 is 5.70. The Hall–Kier alpha value is -2.34. The molecule has 2 amide bonds. The van der Waals surface area contributed by atoms with E-state index in [4.69, 9.17) is 4.42 Å². The second-order valence-corrected chi connectivity index (χ2v) is 6.64. The van der Waals surface area contributed by atoms with Crippen molar-refractivity contribution in [2.75, 3.05) is 19.7 Å². The maximum Gasteiger partial charge on any atom is 0.317 e. The number of nitrogens with one attached hydrogen (secondary N) is 1. The van der Waals surface area contributed by atoms with E-state index >= 15 is 0 Å². The number of oxazole rings is 1. The van der Waals surface area contributed by atoms with Crippen LogP contribution in [0.1, 0.15) is 32.1 Å². The van der Waals surface area contributed by atoms with Crippen molar-refractivity contribution in [2.45, 2.75) is 32.7 Å². The summed E-state index contributed by atoms with van der Waals surface area (Å²) >= 11 is 0. The Morgan fingerprint density at radius 1 is 1.32 bits per heavy atom. The van der Waals surface area contributed by atoms with Crippen LogP contribution < -0.4 is 5.32 Å². The zero-order valence-corrected chi connectivity index (χ0v) is 14.6. The molecule has 0 bridgehead atoms. The smallest absolute Gasteiger partial charge is 0.317 e. The first-order valence-electron chi connectivity index (χ1n) is 8.79. The van der Waals surface area contributed by atoms with Crippen molar-refractivity contribution >= 4 is 6.03 Å². The Balaban J connectivity index is 1.51. The van der Waals surface area contributed by atoms with E-state index in [9.17, 15) is 9.90 Å².